The first-order valence-electron chi connectivity index (χ1n) is 7.42. The third-order valence-corrected chi connectivity index (χ3v) is 12.3. The van der Waals surface area contributed by atoms with E-state index in [1.54, 1.807) is 4.44 Å². The zero-order valence-corrected chi connectivity index (χ0v) is 17.0. The fourth-order valence-corrected chi connectivity index (χ4v) is 8.34. The van der Waals surface area contributed by atoms with E-state index in [1.165, 1.54) is 15.3 Å². The molecule has 1 aromatic heterocycles. The van der Waals surface area contributed by atoms with Crippen molar-refractivity contribution in [2.24, 2.45) is 0 Å². The molecule has 0 saturated heterocycles. The predicted octanol–water partition coefficient (Wildman–Crippen LogP) is 5.97. The van der Waals surface area contributed by atoms with Crippen LogP contribution in [0.1, 0.15) is 27.2 Å². The van der Waals surface area contributed by atoms with E-state index >= 15 is 0 Å². The normalized spacial score (nSPS) is 17.7. The maximum absolute atomic E-state index is 4.72. The maximum Gasteiger partial charge on any atom is -0.147 e. The summed E-state index contributed by atoms with van der Waals surface area (Å²) in [6, 6.07) is 10.9. The maximum atomic E-state index is 4.72. The average Bonchev–Trinajstić information content (AvgIpc) is 2.99. The minimum atomic E-state index is -2.05. The van der Waals surface area contributed by atoms with Gasteiger partial charge < -0.3 is 0 Å². The van der Waals surface area contributed by atoms with Crippen molar-refractivity contribution >= 4 is 40.1 Å². The Morgan fingerprint density at radius 3 is 2.35 bits per heavy atom. The molecule has 1 aliphatic rings. The number of pyridine rings is 1. The standard InChI is InChI=1S/C9H6N.C5H5.C4H9.CH3.2ClH.Cr/c1-2-6-9-8(4-1)5-3-7-10-9;1-2-4-5-3-1;1-4(2)3;;;;/h1-5,7H;1-3H,4H2;1-3H3;1H3;2*1H;. The second-order valence-corrected chi connectivity index (χ2v) is 12.9. The smallest absolute Gasteiger partial charge is 0.147 e. The fraction of sp³-hybridized carbons (Fsp3) is 0.316. The van der Waals surface area contributed by atoms with Gasteiger partial charge in [-0.1, -0.05) is 0 Å². The van der Waals surface area contributed by atoms with Gasteiger partial charge in [-0.3, -0.25) is 0 Å². The molecule has 0 fully saturated rings. The summed E-state index contributed by atoms with van der Waals surface area (Å²) >= 11 is -2.05. The van der Waals surface area contributed by atoms with E-state index in [-0.39, 0.29) is 29.1 Å². The molecule has 0 spiro atoms. The van der Waals surface area contributed by atoms with Crippen LogP contribution in [-0.4, -0.2) is 4.98 Å². The number of nitrogens with zero attached hydrogens (tertiary/aromatic N) is 1. The number of halogens is 2. The van der Waals surface area contributed by atoms with Crippen LogP contribution in [0.5, 0.6) is 0 Å². The van der Waals surface area contributed by atoms with Gasteiger partial charge in [0.05, 0.1) is 0 Å². The van der Waals surface area contributed by atoms with Gasteiger partial charge in [0.2, 0.25) is 0 Å². The quantitative estimate of drug-likeness (QED) is 0.616. The zero-order valence-electron chi connectivity index (χ0n) is 14.1. The first kappa shape index (κ1) is 20.3. The largest absolute Gasteiger partial charge is 0.147 e. The molecule has 0 saturated carbocycles. The number of allylic oxidation sites excluding steroid dienone is 4. The van der Waals surface area contributed by atoms with Crippen molar-refractivity contribution in [1.29, 1.82) is 0 Å². The summed E-state index contributed by atoms with van der Waals surface area (Å²) in [6.45, 7) is 7.19. The van der Waals surface area contributed by atoms with Gasteiger partial charge in [0.25, 0.3) is 0 Å². The summed E-state index contributed by atoms with van der Waals surface area (Å²) in [7, 11) is 0. The molecule has 4 heteroatoms. The third kappa shape index (κ3) is 3.37. The van der Waals surface area contributed by atoms with Crippen molar-refractivity contribution in [3.05, 3.63) is 59.2 Å². The minimum absolute atomic E-state index is 0. The van der Waals surface area contributed by atoms with Crippen molar-refractivity contribution < 1.29 is 13.1 Å². The molecule has 1 unspecified atom stereocenters. The van der Waals surface area contributed by atoms with Gasteiger partial charge in [-0.25, -0.2) is 0 Å². The number of hydrogen-bond donors (Lipinski definition) is 0. The van der Waals surface area contributed by atoms with E-state index in [2.05, 4.69) is 69.1 Å². The van der Waals surface area contributed by atoms with Gasteiger partial charge in [0, 0.05) is 0 Å². The summed E-state index contributed by atoms with van der Waals surface area (Å²) in [6.07, 6.45) is 9.89. The van der Waals surface area contributed by atoms with Crippen LogP contribution < -0.4 is 4.43 Å². The first-order valence-corrected chi connectivity index (χ1v) is 10.6. The van der Waals surface area contributed by atoms with Crippen LogP contribution in [0, 0.1) is 0 Å². The molecule has 1 nitrogen and oxygen atoms in total. The second kappa shape index (κ2) is 7.41. The topological polar surface area (TPSA) is 12.9 Å². The van der Waals surface area contributed by atoms with Gasteiger partial charge in [0.15, 0.2) is 0 Å². The van der Waals surface area contributed by atoms with Crippen molar-refractivity contribution in [1.82, 2.24) is 4.98 Å². The second-order valence-electron chi connectivity index (χ2n) is 6.63. The monoisotopic (exact) mass is 389 g/mol. The molecule has 1 atom stereocenters. The molecule has 2 aromatic rings. The molecule has 1 heterocycles. The minimum Gasteiger partial charge on any atom is -0.147 e. The Labute approximate surface area is 154 Å². The Morgan fingerprint density at radius 1 is 1.04 bits per heavy atom. The fourth-order valence-electron chi connectivity index (χ4n) is 3.00. The molecule has 0 bridgehead atoms. The molecule has 0 amide bonds. The molecule has 1 aromatic carbocycles. The number of benzene rings is 1. The van der Waals surface area contributed by atoms with Crippen molar-refractivity contribution in [2.75, 3.05) is 0 Å². The van der Waals surface area contributed by atoms with Crippen LogP contribution in [0.25, 0.3) is 10.9 Å². The molecule has 0 radical (unpaired) electrons. The van der Waals surface area contributed by atoms with E-state index in [1.807, 2.05) is 12.3 Å². The van der Waals surface area contributed by atoms with Gasteiger partial charge in [-0.05, 0) is 0 Å². The SMILES string of the molecule is C[C](C)(C)[Cr]([CH3])([C]1=CC=CC1)[c]1cccc2cccnc12.Cl.Cl. The van der Waals surface area contributed by atoms with Crippen molar-refractivity contribution in [2.45, 2.75) is 37.3 Å². The molecule has 3 rings (SSSR count). The average molecular weight is 390 g/mol. The molecular formula is C19H25Cl2CrN. The molecule has 1 aliphatic carbocycles. The number of rotatable bonds is 2. The molecule has 126 valence electrons. The Bertz CT molecular complexity index is 741. The molecule has 23 heavy (non-hydrogen) atoms. The number of fused-ring (bicyclic) bond motifs is 1. The summed E-state index contributed by atoms with van der Waals surface area (Å²) in [5, 5.41) is 1.26. The molecule has 0 aliphatic heterocycles. The molecular weight excluding hydrogens is 365 g/mol. The number of hydrogen-bond acceptors (Lipinski definition) is 1. The Balaban J connectivity index is 0.00000132. The van der Waals surface area contributed by atoms with Crippen LogP contribution in [0.4, 0.5) is 0 Å². The number of aromatic nitrogens is 1. The predicted molar refractivity (Wildman–Crippen MR) is 103 cm³/mol. The van der Waals surface area contributed by atoms with E-state index < -0.39 is 13.1 Å². The Kier molecular flexibility index (Phi) is 6.53. The van der Waals surface area contributed by atoms with Crippen LogP contribution in [0.3, 0.4) is 0 Å². The summed E-state index contributed by atoms with van der Waals surface area (Å²) < 4.78 is 3.41. The van der Waals surface area contributed by atoms with E-state index in [0.717, 1.165) is 6.42 Å². The summed E-state index contributed by atoms with van der Waals surface area (Å²) in [4.78, 5) is 4.72. The van der Waals surface area contributed by atoms with Crippen molar-refractivity contribution in [3.8, 4) is 0 Å². The van der Waals surface area contributed by atoms with Crippen LogP contribution in [-0.2, 0) is 13.1 Å². The summed E-state index contributed by atoms with van der Waals surface area (Å²) in [5.74, 6) is 2.53. The van der Waals surface area contributed by atoms with Gasteiger partial charge in [0.1, 0.15) is 0 Å². The van der Waals surface area contributed by atoms with Crippen LogP contribution >= 0.6 is 24.8 Å². The molecule has 0 N–H and O–H groups in total. The van der Waals surface area contributed by atoms with E-state index in [0.29, 0.717) is 0 Å². The third-order valence-electron chi connectivity index (χ3n) is 4.52. The van der Waals surface area contributed by atoms with E-state index in [9.17, 15) is 0 Å². The van der Waals surface area contributed by atoms with Crippen molar-refractivity contribution in [3.63, 3.8) is 0 Å². The summed E-state index contributed by atoms with van der Waals surface area (Å²) in [5.41, 5.74) is 1.20. The number of para-hydroxylation sites is 1. The zero-order chi connectivity index (χ0) is 15.1. The van der Waals surface area contributed by atoms with Gasteiger partial charge >= 0.3 is 130 Å². The Morgan fingerprint density at radius 2 is 1.74 bits per heavy atom. The Hall–Kier alpha value is -0.778. The first-order chi connectivity index (χ1) is 9.94. The van der Waals surface area contributed by atoms with Gasteiger partial charge in [-0.15, -0.1) is 24.8 Å². The van der Waals surface area contributed by atoms with Crippen LogP contribution in [0.15, 0.2) is 59.2 Å². The van der Waals surface area contributed by atoms with E-state index in [4.69, 9.17) is 4.98 Å². The van der Waals surface area contributed by atoms with Crippen LogP contribution in [0.2, 0.25) is 10.1 Å². The van der Waals surface area contributed by atoms with Gasteiger partial charge in [-0.2, -0.15) is 0 Å².